The van der Waals surface area contributed by atoms with Crippen molar-refractivity contribution >= 4 is 12.0 Å². The third-order valence-electron chi connectivity index (χ3n) is 3.16. The molecular formula is C19H18N2O2. The van der Waals surface area contributed by atoms with Crippen LogP contribution in [0.4, 0.5) is 0 Å². The van der Waals surface area contributed by atoms with E-state index in [1.807, 2.05) is 67.6 Å². The van der Waals surface area contributed by atoms with Gasteiger partial charge in [0.2, 0.25) is 0 Å². The quantitative estimate of drug-likeness (QED) is 0.658. The Morgan fingerprint density at radius 3 is 2.48 bits per heavy atom. The fourth-order valence-corrected chi connectivity index (χ4v) is 2.02. The summed E-state index contributed by atoms with van der Waals surface area (Å²) in [6.45, 7) is 2.90. The third kappa shape index (κ3) is 5.01. The van der Waals surface area contributed by atoms with E-state index in [0.717, 1.165) is 16.9 Å². The second kappa shape index (κ2) is 8.40. The molecule has 4 heteroatoms. The first-order chi connectivity index (χ1) is 11.2. The smallest absolute Gasteiger partial charge is 0.262 e. The van der Waals surface area contributed by atoms with E-state index in [-0.39, 0.29) is 11.5 Å². The van der Waals surface area contributed by atoms with Gasteiger partial charge in [0.1, 0.15) is 17.4 Å². The summed E-state index contributed by atoms with van der Waals surface area (Å²) in [7, 11) is 0. The Morgan fingerprint density at radius 1 is 1.17 bits per heavy atom. The Morgan fingerprint density at radius 2 is 1.87 bits per heavy atom. The predicted octanol–water partition coefficient (Wildman–Crippen LogP) is 3.31. The van der Waals surface area contributed by atoms with Crippen LogP contribution in [-0.4, -0.2) is 12.5 Å². The molecule has 2 aromatic rings. The molecule has 0 bridgehead atoms. The van der Waals surface area contributed by atoms with Gasteiger partial charge in [-0.3, -0.25) is 4.79 Å². The molecule has 0 aliphatic heterocycles. The molecule has 0 aromatic heterocycles. The van der Waals surface area contributed by atoms with Crippen molar-refractivity contribution in [2.45, 2.75) is 13.5 Å². The van der Waals surface area contributed by atoms with E-state index in [1.54, 1.807) is 6.08 Å². The molecule has 0 radical (unpaired) electrons. The lowest BCUT2D eigenvalue weighted by Gasteiger charge is -2.05. The minimum Gasteiger partial charge on any atom is -0.494 e. The van der Waals surface area contributed by atoms with E-state index in [9.17, 15) is 10.1 Å². The summed E-state index contributed by atoms with van der Waals surface area (Å²) in [5.41, 5.74) is 1.84. The monoisotopic (exact) mass is 306 g/mol. The van der Waals surface area contributed by atoms with E-state index in [2.05, 4.69) is 5.32 Å². The summed E-state index contributed by atoms with van der Waals surface area (Å²) < 4.78 is 5.36. The van der Waals surface area contributed by atoms with E-state index >= 15 is 0 Å². The molecule has 0 saturated heterocycles. The number of rotatable bonds is 6. The van der Waals surface area contributed by atoms with Crippen molar-refractivity contribution in [2.75, 3.05) is 6.61 Å². The zero-order chi connectivity index (χ0) is 16.5. The highest BCUT2D eigenvalue weighted by Crippen LogP contribution is 2.14. The minimum absolute atomic E-state index is 0.0742. The molecule has 1 N–H and O–H groups in total. The summed E-state index contributed by atoms with van der Waals surface area (Å²) in [6.07, 6.45) is 1.57. The number of benzene rings is 2. The van der Waals surface area contributed by atoms with Gasteiger partial charge < -0.3 is 10.1 Å². The van der Waals surface area contributed by atoms with Crippen molar-refractivity contribution in [2.24, 2.45) is 0 Å². The molecule has 2 rings (SSSR count). The first-order valence-corrected chi connectivity index (χ1v) is 7.39. The van der Waals surface area contributed by atoms with Crippen LogP contribution in [0.5, 0.6) is 5.75 Å². The molecular weight excluding hydrogens is 288 g/mol. The van der Waals surface area contributed by atoms with Crippen molar-refractivity contribution in [3.63, 3.8) is 0 Å². The van der Waals surface area contributed by atoms with E-state index in [0.29, 0.717) is 13.2 Å². The van der Waals surface area contributed by atoms with Crippen LogP contribution in [0.25, 0.3) is 6.08 Å². The number of ether oxygens (including phenoxy) is 1. The number of nitrogens with zero attached hydrogens (tertiary/aromatic N) is 1. The average molecular weight is 306 g/mol. The molecule has 0 spiro atoms. The lowest BCUT2D eigenvalue weighted by atomic mass is 10.1. The van der Waals surface area contributed by atoms with Crippen LogP contribution in [0.2, 0.25) is 0 Å². The second-order valence-corrected chi connectivity index (χ2v) is 4.84. The fourth-order valence-electron chi connectivity index (χ4n) is 2.02. The summed E-state index contributed by atoms with van der Waals surface area (Å²) in [5.74, 6) is 0.377. The van der Waals surface area contributed by atoms with Gasteiger partial charge in [-0.1, -0.05) is 42.5 Å². The van der Waals surface area contributed by atoms with Crippen LogP contribution in [0.1, 0.15) is 18.1 Å². The molecule has 0 atom stereocenters. The van der Waals surface area contributed by atoms with Gasteiger partial charge in [0, 0.05) is 6.54 Å². The van der Waals surface area contributed by atoms with Gasteiger partial charge in [-0.2, -0.15) is 5.26 Å². The molecule has 0 aliphatic rings. The van der Waals surface area contributed by atoms with Gasteiger partial charge in [0.25, 0.3) is 5.91 Å². The maximum atomic E-state index is 12.1. The number of carbonyl (C=O) groups is 1. The summed E-state index contributed by atoms with van der Waals surface area (Å²) in [5, 5.41) is 11.9. The minimum atomic E-state index is -0.384. The normalized spacial score (nSPS) is 10.7. The molecule has 116 valence electrons. The number of carbonyl (C=O) groups excluding carboxylic acids is 1. The van der Waals surface area contributed by atoms with Crippen molar-refractivity contribution in [3.8, 4) is 11.8 Å². The van der Waals surface area contributed by atoms with Crippen LogP contribution in [0.3, 0.4) is 0 Å². The number of amides is 1. The summed E-state index contributed by atoms with van der Waals surface area (Å²) >= 11 is 0. The largest absolute Gasteiger partial charge is 0.494 e. The lowest BCUT2D eigenvalue weighted by molar-refractivity contribution is -0.117. The molecule has 4 nitrogen and oxygen atoms in total. The number of nitrogens with one attached hydrogen (secondary N) is 1. The average Bonchev–Trinajstić information content (AvgIpc) is 2.60. The van der Waals surface area contributed by atoms with Crippen molar-refractivity contribution < 1.29 is 9.53 Å². The molecule has 0 saturated carbocycles. The van der Waals surface area contributed by atoms with Gasteiger partial charge in [0.05, 0.1) is 6.61 Å². The molecule has 0 aliphatic carbocycles. The van der Waals surface area contributed by atoms with Crippen molar-refractivity contribution in [1.82, 2.24) is 5.32 Å². The highest BCUT2D eigenvalue weighted by Gasteiger charge is 2.08. The van der Waals surface area contributed by atoms with Crippen LogP contribution in [0.15, 0.2) is 60.2 Å². The van der Waals surface area contributed by atoms with Crippen LogP contribution >= 0.6 is 0 Å². The van der Waals surface area contributed by atoms with Crippen LogP contribution < -0.4 is 10.1 Å². The summed E-state index contributed by atoms with van der Waals surface area (Å²) in [4.78, 5) is 12.1. The zero-order valence-electron chi connectivity index (χ0n) is 13.0. The van der Waals surface area contributed by atoms with Gasteiger partial charge >= 0.3 is 0 Å². The van der Waals surface area contributed by atoms with Gasteiger partial charge in [-0.05, 0) is 36.3 Å². The van der Waals surface area contributed by atoms with Gasteiger partial charge in [0.15, 0.2) is 0 Å². The SMILES string of the molecule is CCOc1ccc(/C=C(\C#N)C(=O)NCc2ccccc2)cc1. The predicted molar refractivity (Wildman–Crippen MR) is 89.5 cm³/mol. The number of nitriles is 1. The van der Waals surface area contributed by atoms with Crippen LogP contribution in [0, 0.1) is 11.3 Å². The van der Waals surface area contributed by atoms with Crippen LogP contribution in [-0.2, 0) is 11.3 Å². The highest BCUT2D eigenvalue weighted by atomic mass is 16.5. The second-order valence-electron chi connectivity index (χ2n) is 4.84. The lowest BCUT2D eigenvalue weighted by Crippen LogP contribution is -2.23. The molecule has 23 heavy (non-hydrogen) atoms. The maximum Gasteiger partial charge on any atom is 0.262 e. The highest BCUT2D eigenvalue weighted by molar-refractivity contribution is 6.01. The molecule has 0 fully saturated rings. The van der Waals surface area contributed by atoms with Gasteiger partial charge in [-0.25, -0.2) is 0 Å². The van der Waals surface area contributed by atoms with Crippen molar-refractivity contribution in [1.29, 1.82) is 5.26 Å². The number of hydrogen-bond donors (Lipinski definition) is 1. The summed E-state index contributed by atoms with van der Waals surface area (Å²) in [6, 6.07) is 18.8. The fraction of sp³-hybridized carbons (Fsp3) is 0.158. The molecule has 0 unspecified atom stereocenters. The Kier molecular flexibility index (Phi) is 5.96. The zero-order valence-corrected chi connectivity index (χ0v) is 13.0. The Bertz CT molecular complexity index is 713. The Hall–Kier alpha value is -3.06. The first kappa shape index (κ1) is 16.3. The standard InChI is InChI=1S/C19H18N2O2/c1-2-23-18-10-8-15(9-11-18)12-17(13-20)19(22)21-14-16-6-4-3-5-7-16/h3-12H,2,14H2,1H3,(H,21,22)/b17-12+. The van der Waals surface area contributed by atoms with E-state index < -0.39 is 0 Å². The van der Waals surface area contributed by atoms with Crippen molar-refractivity contribution in [3.05, 3.63) is 71.3 Å². The van der Waals surface area contributed by atoms with Gasteiger partial charge in [-0.15, -0.1) is 0 Å². The number of hydrogen-bond acceptors (Lipinski definition) is 3. The third-order valence-corrected chi connectivity index (χ3v) is 3.16. The van der Waals surface area contributed by atoms with E-state index in [1.165, 1.54) is 0 Å². The van der Waals surface area contributed by atoms with E-state index in [4.69, 9.17) is 4.74 Å². The Labute approximate surface area is 136 Å². The molecule has 0 heterocycles. The topological polar surface area (TPSA) is 62.1 Å². The first-order valence-electron chi connectivity index (χ1n) is 7.39. The Balaban J connectivity index is 2.03. The maximum absolute atomic E-state index is 12.1. The molecule has 1 amide bonds. The molecule has 2 aromatic carbocycles.